The van der Waals surface area contributed by atoms with Crippen LogP contribution < -0.4 is 0 Å². The van der Waals surface area contributed by atoms with Gasteiger partial charge in [-0.25, -0.2) is 9.13 Å². The Kier molecular flexibility index (Phi) is 57.4. The number of aliphatic hydroxyl groups excluding tert-OH is 1. The maximum Gasteiger partial charge on any atom is 0.472 e. The van der Waals surface area contributed by atoms with Crippen LogP contribution >= 0.6 is 15.6 Å². The molecule has 498 valence electrons. The van der Waals surface area contributed by atoms with Crippen LogP contribution in [0.4, 0.5) is 0 Å². The third-order valence-electron chi connectivity index (χ3n) is 15.0. The molecule has 0 aliphatic heterocycles. The second-order valence-electron chi connectivity index (χ2n) is 24.0. The maximum atomic E-state index is 13.0. The van der Waals surface area contributed by atoms with Gasteiger partial charge in [0.1, 0.15) is 19.3 Å². The molecule has 0 aliphatic carbocycles. The van der Waals surface area contributed by atoms with Gasteiger partial charge in [-0.15, -0.1) is 0 Å². The van der Waals surface area contributed by atoms with Gasteiger partial charge in [-0.3, -0.25) is 37.3 Å². The minimum atomic E-state index is -4.94. The first kappa shape index (κ1) is 82.1. The van der Waals surface area contributed by atoms with Gasteiger partial charge in [0.25, 0.3) is 0 Å². The number of rotatable bonds is 65. The summed E-state index contributed by atoms with van der Waals surface area (Å²) in [5.74, 6) is -1.39. The normalized spacial score (nSPS) is 14.2. The van der Waals surface area contributed by atoms with Crippen molar-refractivity contribution in [2.75, 3.05) is 39.6 Å². The van der Waals surface area contributed by atoms with Crippen LogP contribution in [-0.4, -0.2) is 96.7 Å². The molecule has 19 heteroatoms. The molecular formula is C65H126O17P2. The number of ether oxygens (including phenoxy) is 4. The van der Waals surface area contributed by atoms with Crippen molar-refractivity contribution in [3.63, 3.8) is 0 Å². The predicted octanol–water partition coefficient (Wildman–Crippen LogP) is 18.2. The first-order chi connectivity index (χ1) is 40.5. The molecule has 2 unspecified atom stereocenters. The number of esters is 4. The summed E-state index contributed by atoms with van der Waals surface area (Å²) < 4.78 is 68.0. The maximum absolute atomic E-state index is 13.0. The lowest BCUT2D eigenvalue weighted by atomic mass is 10.0. The molecule has 0 aliphatic rings. The van der Waals surface area contributed by atoms with Crippen molar-refractivity contribution in [1.82, 2.24) is 0 Å². The molecule has 0 aromatic heterocycles. The highest BCUT2D eigenvalue weighted by Gasteiger charge is 2.30. The smallest absolute Gasteiger partial charge is 0.462 e. The highest BCUT2D eigenvalue weighted by atomic mass is 31.2. The highest BCUT2D eigenvalue weighted by molar-refractivity contribution is 7.47. The Morgan fingerprint density at radius 3 is 0.810 bits per heavy atom. The van der Waals surface area contributed by atoms with Crippen molar-refractivity contribution in [1.29, 1.82) is 0 Å². The monoisotopic (exact) mass is 1240 g/mol. The third-order valence-corrected chi connectivity index (χ3v) is 16.9. The van der Waals surface area contributed by atoms with Gasteiger partial charge >= 0.3 is 39.5 Å². The van der Waals surface area contributed by atoms with Crippen LogP contribution in [-0.2, 0) is 65.4 Å². The summed E-state index contributed by atoms with van der Waals surface area (Å²) in [5, 5.41) is 10.5. The average Bonchev–Trinajstić information content (AvgIpc) is 3.57. The van der Waals surface area contributed by atoms with Crippen LogP contribution in [0.25, 0.3) is 0 Å². The summed E-state index contributed by atoms with van der Waals surface area (Å²) in [7, 11) is -9.89. The zero-order valence-electron chi connectivity index (χ0n) is 54.0. The van der Waals surface area contributed by atoms with Gasteiger partial charge in [-0.1, -0.05) is 279 Å². The van der Waals surface area contributed by atoms with Crippen LogP contribution in [0.3, 0.4) is 0 Å². The molecule has 0 bridgehead atoms. The van der Waals surface area contributed by atoms with E-state index in [-0.39, 0.29) is 25.7 Å². The lowest BCUT2D eigenvalue weighted by molar-refractivity contribution is -0.161. The van der Waals surface area contributed by atoms with Gasteiger partial charge in [-0.2, -0.15) is 0 Å². The molecule has 3 N–H and O–H groups in total. The van der Waals surface area contributed by atoms with Gasteiger partial charge in [0.2, 0.25) is 0 Å². The molecule has 0 aromatic carbocycles. The summed E-state index contributed by atoms with van der Waals surface area (Å²) in [4.78, 5) is 72.2. The molecule has 0 amide bonds. The Balaban J connectivity index is 5.24. The molecule has 0 aromatic rings. The van der Waals surface area contributed by atoms with Gasteiger partial charge in [-0.05, 0) is 31.6 Å². The van der Waals surface area contributed by atoms with E-state index >= 15 is 0 Å². The molecule has 17 nitrogen and oxygen atoms in total. The Hall–Kier alpha value is -1.94. The number of hydrogen-bond acceptors (Lipinski definition) is 15. The average molecular weight is 1240 g/mol. The zero-order chi connectivity index (χ0) is 62.0. The zero-order valence-corrected chi connectivity index (χ0v) is 55.8. The SMILES string of the molecule is CCCCCCCCCCCCCCC(=O)OC[C@H](COP(=O)(O)OC[C@@H](O)COP(=O)(O)OC[C@@H](COC(=O)CCCCCCCCCCC)OC(=O)CCCCCCCCCCCCC)OC(=O)CCCCCCCCCCCC(C)C. The fraction of sp³-hybridized carbons (Fsp3) is 0.938. The number of carbonyl (C=O) groups is 4. The van der Waals surface area contributed by atoms with Crippen LogP contribution in [0.15, 0.2) is 0 Å². The van der Waals surface area contributed by atoms with E-state index in [1.165, 1.54) is 154 Å². The summed E-state index contributed by atoms with van der Waals surface area (Å²) >= 11 is 0. The van der Waals surface area contributed by atoms with Crippen LogP contribution in [0.2, 0.25) is 0 Å². The van der Waals surface area contributed by atoms with E-state index in [9.17, 15) is 43.2 Å². The molecule has 5 atom stereocenters. The molecular weight excluding hydrogens is 1110 g/mol. The summed E-state index contributed by atoms with van der Waals surface area (Å²) in [6, 6.07) is 0. The van der Waals surface area contributed by atoms with Gasteiger partial charge in [0, 0.05) is 25.7 Å². The van der Waals surface area contributed by atoms with E-state index in [2.05, 4.69) is 34.6 Å². The van der Waals surface area contributed by atoms with E-state index < -0.39 is 97.5 Å². The van der Waals surface area contributed by atoms with E-state index in [0.717, 1.165) is 95.8 Å². The Morgan fingerprint density at radius 1 is 0.321 bits per heavy atom. The first-order valence-electron chi connectivity index (χ1n) is 34.1. The van der Waals surface area contributed by atoms with Gasteiger partial charge in [0.15, 0.2) is 12.2 Å². The second-order valence-corrected chi connectivity index (χ2v) is 26.9. The standard InChI is InChI=1S/C65H126O17P2/c1-6-9-12-15-18-21-23-25-29-34-39-44-49-63(68)76-55-61(82-65(70)51-46-41-36-31-26-28-32-37-42-47-58(4)5)57-80-84(73,74)78-53-59(66)52-77-83(71,72)79-56-60(54-75-62(67)48-43-38-33-27-20-17-14-11-8-3)81-64(69)50-45-40-35-30-24-22-19-16-13-10-7-2/h58-61,66H,6-57H2,1-5H3,(H,71,72)(H,73,74)/t59-,60+,61+/m0/s1. The molecule has 0 spiro atoms. The largest absolute Gasteiger partial charge is 0.472 e. The predicted molar refractivity (Wildman–Crippen MR) is 335 cm³/mol. The van der Waals surface area contributed by atoms with Gasteiger partial charge in [0.05, 0.1) is 26.4 Å². The molecule has 0 saturated heterocycles. The van der Waals surface area contributed by atoms with Crippen LogP contribution in [0.1, 0.15) is 330 Å². The molecule has 84 heavy (non-hydrogen) atoms. The summed E-state index contributed by atoms with van der Waals surface area (Å²) in [5.41, 5.74) is 0. The number of phosphoric ester groups is 2. The van der Waals surface area contributed by atoms with Crippen molar-refractivity contribution in [2.45, 2.75) is 348 Å². The highest BCUT2D eigenvalue weighted by Crippen LogP contribution is 2.45. The van der Waals surface area contributed by atoms with Crippen molar-refractivity contribution in [3.8, 4) is 0 Å². The van der Waals surface area contributed by atoms with E-state index in [1.807, 2.05) is 0 Å². The minimum absolute atomic E-state index is 0.106. The van der Waals surface area contributed by atoms with E-state index in [1.54, 1.807) is 0 Å². The fourth-order valence-corrected chi connectivity index (χ4v) is 11.3. The second kappa shape index (κ2) is 58.7. The van der Waals surface area contributed by atoms with Crippen molar-refractivity contribution in [2.24, 2.45) is 5.92 Å². The van der Waals surface area contributed by atoms with Crippen LogP contribution in [0.5, 0.6) is 0 Å². The number of unbranched alkanes of at least 4 members (excludes halogenated alkanes) is 37. The van der Waals surface area contributed by atoms with Crippen molar-refractivity contribution in [3.05, 3.63) is 0 Å². The lowest BCUT2D eigenvalue weighted by Crippen LogP contribution is -2.30. The molecule has 0 radical (unpaired) electrons. The Morgan fingerprint density at radius 2 is 0.548 bits per heavy atom. The quantitative estimate of drug-likeness (QED) is 0.0222. The third kappa shape index (κ3) is 59.0. The lowest BCUT2D eigenvalue weighted by Gasteiger charge is -2.21. The first-order valence-corrected chi connectivity index (χ1v) is 37.1. The number of hydrogen-bond donors (Lipinski definition) is 3. The fourth-order valence-electron chi connectivity index (χ4n) is 9.76. The number of phosphoric acid groups is 2. The molecule has 0 rings (SSSR count). The van der Waals surface area contributed by atoms with E-state index in [4.69, 9.17) is 37.0 Å². The minimum Gasteiger partial charge on any atom is -0.462 e. The number of carbonyl (C=O) groups excluding carboxylic acids is 4. The topological polar surface area (TPSA) is 237 Å². The van der Waals surface area contributed by atoms with E-state index in [0.29, 0.717) is 25.7 Å². The van der Waals surface area contributed by atoms with Crippen molar-refractivity contribution >= 4 is 39.5 Å². The Bertz CT molecular complexity index is 1640. The van der Waals surface area contributed by atoms with Crippen LogP contribution in [0, 0.1) is 5.92 Å². The van der Waals surface area contributed by atoms with Crippen molar-refractivity contribution < 1.29 is 80.2 Å². The summed E-state index contributed by atoms with van der Waals surface area (Å²) in [6.45, 7) is 7.17. The molecule has 0 fully saturated rings. The van der Waals surface area contributed by atoms with Gasteiger partial charge < -0.3 is 33.8 Å². The number of aliphatic hydroxyl groups is 1. The molecule has 0 saturated carbocycles. The Labute approximate surface area is 511 Å². The summed E-state index contributed by atoms with van der Waals surface area (Å²) in [6.07, 6.45) is 42.9. The molecule has 0 heterocycles.